The minimum atomic E-state index is -1.33. The van der Waals surface area contributed by atoms with Crippen LogP contribution in [0.5, 0.6) is 5.75 Å². The molecule has 1 spiro atoms. The standard InChI is InChI=1S/C35H28N2O4/c1-21-12-13-22-16-19-29-35(26-10-6-7-11-27(26)36-34(35)40)30(32(38)24-14-17-25(41-2)18-15-24)31(37(29)28(22)20-21)33(39)23-8-4-3-5-9-23/h3-20,29-31H,1-2H3,(H,36,40)/t29-,30+,31+,35+/m1/s1. The number of hydrogen-bond donors (Lipinski definition) is 1. The maximum atomic E-state index is 14.8. The van der Waals surface area contributed by atoms with E-state index in [1.807, 2.05) is 84.6 Å². The van der Waals surface area contributed by atoms with Crippen LogP contribution in [0.3, 0.4) is 0 Å². The Morgan fingerprint density at radius 2 is 1.56 bits per heavy atom. The highest BCUT2D eigenvalue weighted by atomic mass is 16.5. The number of aryl methyl sites for hydroxylation is 1. The van der Waals surface area contributed by atoms with Crippen LogP contribution in [0.1, 0.15) is 37.4 Å². The van der Waals surface area contributed by atoms with Crippen LogP contribution >= 0.6 is 0 Å². The van der Waals surface area contributed by atoms with Crippen LogP contribution in [0, 0.1) is 12.8 Å². The number of nitrogens with one attached hydrogen (secondary N) is 1. The summed E-state index contributed by atoms with van der Waals surface area (Å²) >= 11 is 0. The Balaban J connectivity index is 1.53. The molecule has 0 bridgehead atoms. The highest BCUT2D eigenvalue weighted by Crippen LogP contribution is 2.58. The normalized spacial score (nSPS) is 23.5. The molecule has 4 atom stereocenters. The first kappa shape index (κ1) is 25.0. The number of ketones is 2. The number of carbonyl (C=O) groups is 3. The van der Waals surface area contributed by atoms with Crippen LogP contribution in [-0.2, 0) is 10.2 Å². The van der Waals surface area contributed by atoms with Gasteiger partial charge in [0.1, 0.15) is 17.2 Å². The summed E-state index contributed by atoms with van der Waals surface area (Å²) in [6.07, 6.45) is 4.00. The van der Waals surface area contributed by atoms with E-state index in [0.717, 1.165) is 22.4 Å². The Kier molecular flexibility index (Phi) is 5.68. The van der Waals surface area contributed by atoms with E-state index in [4.69, 9.17) is 4.74 Å². The van der Waals surface area contributed by atoms with Crippen molar-refractivity contribution < 1.29 is 19.1 Å². The van der Waals surface area contributed by atoms with Gasteiger partial charge in [-0.1, -0.05) is 72.8 Å². The number of hydrogen-bond acceptors (Lipinski definition) is 5. The Morgan fingerprint density at radius 1 is 0.854 bits per heavy atom. The number of amides is 1. The number of carbonyl (C=O) groups excluding carboxylic acids is 3. The molecule has 4 aromatic rings. The SMILES string of the molecule is COc1ccc(C(=O)[C@@H]2[C@@H](C(=O)c3ccccc3)N3c4cc(C)ccc4C=C[C@@H]3[C@]23C(=O)Nc2ccccc23)cc1. The lowest BCUT2D eigenvalue weighted by molar-refractivity contribution is -0.121. The zero-order valence-corrected chi connectivity index (χ0v) is 22.7. The third kappa shape index (κ3) is 3.53. The molecule has 1 saturated heterocycles. The Bertz CT molecular complexity index is 1740. The van der Waals surface area contributed by atoms with Gasteiger partial charge in [-0.3, -0.25) is 14.4 Å². The maximum absolute atomic E-state index is 14.8. The fourth-order valence-electron chi connectivity index (χ4n) is 6.98. The number of ether oxygens (including phenoxy) is 1. The topological polar surface area (TPSA) is 75.7 Å². The minimum Gasteiger partial charge on any atom is -0.497 e. The fourth-order valence-corrected chi connectivity index (χ4v) is 6.98. The monoisotopic (exact) mass is 540 g/mol. The van der Waals surface area contributed by atoms with Crippen LogP contribution < -0.4 is 15.0 Å². The summed E-state index contributed by atoms with van der Waals surface area (Å²) in [4.78, 5) is 45.9. The Hall–Kier alpha value is -4.97. The second kappa shape index (κ2) is 9.30. The largest absolute Gasteiger partial charge is 0.497 e. The number of Topliss-reactive ketones (excluding diaryl/α,β-unsaturated/α-hetero) is 2. The molecular formula is C35H28N2O4. The van der Waals surface area contributed by atoms with E-state index in [9.17, 15) is 14.4 Å². The zero-order chi connectivity index (χ0) is 28.3. The third-order valence-corrected chi connectivity index (χ3v) is 8.77. The lowest BCUT2D eigenvalue weighted by Crippen LogP contribution is -2.51. The van der Waals surface area contributed by atoms with Gasteiger partial charge in [0, 0.05) is 22.5 Å². The Labute approximate surface area is 238 Å². The number of benzene rings is 4. The zero-order valence-electron chi connectivity index (χ0n) is 22.7. The fraction of sp³-hybridized carbons (Fsp3) is 0.171. The lowest BCUT2D eigenvalue weighted by atomic mass is 9.64. The van der Waals surface area contributed by atoms with Crippen molar-refractivity contribution in [2.24, 2.45) is 5.92 Å². The molecule has 0 unspecified atom stereocenters. The van der Waals surface area contributed by atoms with Crippen molar-refractivity contribution in [3.8, 4) is 5.75 Å². The predicted octanol–water partition coefficient (Wildman–Crippen LogP) is 5.86. The summed E-state index contributed by atoms with van der Waals surface area (Å²) in [7, 11) is 1.57. The molecule has 41 heavy (non-hydrogen) atoms. The molecule has 0 aromatic heterocycles. The van der Waals surface area contributed by atoms with Gasteiger partial charge in [0.05, 0.1) is 19.1 Å². The highest BCUT2D eigenvalue weighted by Gasteiger charge is 2.70. The van der Waals surface area contributed by atoms with Gasteiger partial charge in [-0.05, 0) is 60.0 Å². The highest BCUT2D eigenvalue weighted by molar-refractivity contribution is 6.18. The maximum Gasteiger partial charge on any atom is 0.238 e. The van der Waals surface area contributed by atoms with Gasteiger partial charge in [0.15, 0.2) is 11.6 Å². The van der Waals surface area contributed by atoms with Crippen LogP contribution in [0.15, 0.2) is 103 Å². The van der Waals surface area contributed by atoms with E-state index in [2.05, 4.69) is 5.32 Å². The summed E-state index contributed by atoms with van der Waals surface area (Å²) < 4.78 is 5.33. The average Bonchev–Trinajstić information content (AvgIpc) is 3.49. The number of nitrogens with zero attached hydrogens (tertiary/aromatic N) is 1. The molecule has 6 nitrogen and oxygen atoms in total. The molecule has 3 aliphatic rings. The second-order valence-electron chi connectivity index (χ2n) is 10.9. The van der Waals surface area contributed by atoms with Crippen molar-refractivity contribution in [3.05, 3.63) is 131 Å². The van der Waals surface area contributed by atoms with Crippen LogP contribution in [0.4, 0.5) is 11.4 Å². The molecule has 0 saturated carbocycles. The molecular weight excluding hydrogens is 512 g/mol. The molecule has 1 amide bonds. The minimum absolute atomic E-state index is 0.195. The summed E-state index contributed by atoms with van der Waals surface area (Å²) in [6.45, 7) is 2.00. The number of methoxy groups -OCH3 is 1. The summed E-state index contributed by atoms with van der Waals surface area (Å²) in [5, 5.41) is 3.07. The molecule has 6 heteroatoms. The molecule has 3 aliphatic heterocycles. The average molecular weight is 541 g/mol. The van der Waals surface area contributed by atoms with E-state index < -0.39 is 23.4 Å². The van der Waals surface area contributed by atoms with E-state index in [1.165, 1.54) is 0 Å². The van der Waals surface area contributed by atoms with E-state index in [-0.39, 0.29) is 17.5 Å². The third-order valence-electron chi connectivity index (χ3n) is 8.77. The number of rotatable bonds is 5. The smallest absolute Gasteiger partial charge is 0.238 e. The van der Waals surface area contributed by atoms with Gasteiger partial charge >= 0.3 is 0 Å². The van der Waals surface area contributed by atoms with Crippen LogP contribution in [-0.4, -0.2) is 36.7 Å². The van der Waals surface area contributed by atoms with Crippen LogP contribution in [0.25, 0.3) is 6.08 Å². The van der Waals surface area contributed by atoms with E-state index in [1.54, 1.807) is 43.5 Å². The molecule has 202 valence electrons. The summed E-state index contributed by atoms with van der Waals surface area (Å²) in [5.41, 5.74) is 3.80. The van der Waals surface area contributed by atoms with Crippen LogP contribution in [0.2, 0.25) is 0 Å². The summed E-state index contributed by atoms with van der Waals surface area (Å²) in [6, 6.07) is 28.1. The number of anilines is 2. The van der Waals surface area contributed by atoms with Crippen molar-refractivity contribution in [2.45, 2.75) is 24.4 Å². The summed E-state index contributed by atoms with van der Waals surface area (Å²) in [5.74, 6) is -1.11. The first-order chi connectivity index (χ1) is 19.9. The number of fused-ring (bicyclic) bond motifs is 6. The second-order valence-corrected chi connectivity index (χ2v) is 10.9. The van der Waals surface area contributed by atoms with Gasteiger partial charge in [-0.2, -0.15) is 0 Å². The molecule has 7 rings (SSSR count). The molecule has 4 aromatic carbocycles. The first-order valence-corrected chi connectivity index (χ1v) is 13.7. The molecule has 3 heterocycles. The van der Waals surface area contributed by atoms with E-state index in [0.29, 0.717) is 22.6 Å². The first-order valence-electron chi connectivity index (χ1n) is 13.7. The van der Waals surface area contributed by atoms with Gasteiger partial charge in [0.25, 0.3) is 0 Å². The quantitative estimate of drug-likeness (QED) is 0.321. The molecule has 0 radical (unpaired) electrons. The molecule has 1 fully saturated rings. The molecule has 1 N–H and O–H groups in total. The van der Waals surface area contributed by atoms with E-state index >= 15 is 0 Å². The van der Waals surface area contributed by atoms with Gasteiger partial charge in [-0.25, -0.2) is 0 Å². The lowest BCUT2D eigenvalue weighted by Gasteiger charge is -2.37. The van der Waals surface area contributed by atoms with Crippen molar-refractivity contribution in [2.75, 3.05) is 17.3 Å². The predicted molar refractivity (Wildman–Crippen MR) is 159 cm³/mol. The van der Waals surface area contributed by atoms with Gasteiger partial charge in [0.2, 0.25) is 5.91 Å². The van der Waals surface area contributed by atoms with Crippen molar-refractivity contribution in [1.29, 1.82) is 0 Å². The van der Waals surface area contributed by atoms with Crippen molar-refractivity contribution >= 4 is 34.9 Å². The van der Waals surface area contributed by atoms with Crippen molar-refractivity contribution in [3.63, 3.8) is 0 Å². The van der Waals surface area contributed by atoms with Crippen molar-refractivity contribution in [1.82, 2.24) is 0 Å². The van der Waals surface area contributed by atoms with Gasteiger partial charge < -0.3 is 15.0 Å². The van der Waals surface area contributed by atoms with Gasteiger partial charge in [-0.15, -0.1) is 0 Å². The molecule has 0 aliphatic carbocycles. The Morgan fingerprint density at radius 3 is 2.32 bits per heavy atom. The number of para-hydroxylation sites is 1.